The van der Waals surface area contributed by atoms with Gasteiger partial charge in [0.15, 0.2) is 0 Å². The molecule has 31 heavy (non-hydrogen) atoms. The highest BCUT2D eigenvalue weighted by atomic mass is 32.2. The molecule has 7 nitrogen and oxygen atoms in total. The Kier molecular flexibility index (Phi) is 5.81. The van der Waals surface area contributed by atoms with E-state index in [-0.39, 0.29) is 10.9 Å². The minimum Gasteiger partial charge on any atom is -0.334 e. The summed E-state index contributed by atoms with van der Waals surface area (Å²) in [7, 11) is -3.74. The van der Waals surface area contributed by atoms with Crippen LogP contribution in [0.15, 0.2) is 96.2 Å². The van der Waals surface area contributed by atoms with Crippen molar-refractivity contribution in [1.29, 1.82) is 0 Å². The maximum atomic E-state index is 12.7. The second-order valence-electron chi connectivity index (χ2n) is 6.86. The minimum atomic E-state index is -3.74. The van der Waals surface area contributed by atoms with Crippen molar-refractivity contribution >= 4 is 38.2 Å². The van der Waals surface area contributed by atoms with Crippen LogP contribution in [0.3, 0.4) is 0 Å². The zero-order chi connectivity index (χ0) is 21.7. The fraction of sp³-hybridized carbons (Fsp3) is 0.0435. The van der Waals surface area contributed by atoms with Crippen LogP contribution in [0.1, 0.15) is 5.56 Å². The molecule has 0 saturated heterocycles. The van der Waals surface area contributed by atoms with E-state index in [4.69, 9.17) is 0 Å². The highest BCUT2D eigenvalue weighted by molar-refractivity contribution is 7.92. The molecular weight excluding hydrogens is 412 g/mol. The largest absolute Gasteiger partial charge is 0.334 e. The number of carbonyl (C=O) groups excluding carboxylic acids is 1. The van der Waals surface area contributed by atoms with Gasteiger partial charge in [0.25, 0.3) is 10.0 Å². The zero-order valence-corrected chi connectivity index (χ0v) is 17.3. The highest BCUT2D eigenvalue weighted by Crippen LogP contribution is 2.22. The highest BCUT2D eigenvalue weighted by Gasteiger charge is 2.14. The summed E-state index contributed by atoms with van der Waals surface area (Å²) in [4.78, 5) is 16.2. The molecule has 3 N–H and O–H groups in total. The normalized spacial score (nSPS) is 11.1. The van der Waals surface area contributed by atoms with E-state index in [2.05, 4.69) is 20.3 Å². The first kappa shape index (κ1) is 20.4. The molecule has 0 unspecified atom stereocenters. The zero-order valence-electron chi connectivity index (χ0n) is 16.4. The van der Waals surface area contributed by atoms with Crippen molar-refractivity contribution in [3.05, 3.63) is 96.8 Å². The molecule has 4 rings (SSSR count). The number of rotatable bonds is 6. The summed E-state index contributed by atoms with van der Waals surface area (Å²) < 4.78 is 28.0. The Labute approximate surface area is 180 Å². The molecule has 8 heteroatoms. The van der Waals surface area contributed by atoms with Crippen molar-refractivity contribution < 1.29 is 13.2 Å². The van der Waals surface area contributed by atoms with Crippen molar-refractivity contribution in [2.45, 2.75) is 11.4 Å². The van der Waals surface area contributed by atoms with E-state index in [0.29, 0.717) is 17.9 Å². The van der Waals surface area contributed by atoms with Crippen molar-refractivity contribution in [3.8, 4) is 0 Å². The second-order valence-corrected chi connectivity index (χ2v) is 8.54. The average molecular weight is 433 g/mol. The Morgan fingerprint density at radius 2 is 1.58 bits per heavy atom. The van der Waals surface area contributed by atoms with Gasteiger partial charge in [-0.15, -0.1) is 0 Å². The summed E-state index contributed by atoms with van der Waals surface area (Å²) in [5.74, 6) is 0. The number of carbonyl (C=O) groups is 1. The molecule has 0 radical (unpaired) electrons. The van der Waals surface area contributed by atoms with Crippen LogP contribution in [0.25, 0.3) is 10.8 Å². The SMILES string of the molecule is O=C(NCc1cccnc1)Nc1ccc(NS(=O)(=O)c2ccc3ccccc3c2)cc1. The molecule has 3 aromatic carbocycles. The summed E-state index contributed by atoms with van der Waals surface area (Å²) in [6, 6.07) is 22.3. The molecule has 0 aliphatic heterocycles. The van der Waals surface area contributed by atoms with Gasteiger partial charge in [-0.1, -0.05) is 36.4 Å². The van der Waals surface area contributed by atoms with Crippen LogP contribution < -0.4 is 15.4 Å². The van der Waals surface area contributed by atoms with E-state index in [0.717, 1.165) is 16.3 Å². The third kappa shape index (κ3) is 5.18. The number of amides is 2. The summed E-state index contributed by atoms with van der Waals surface area (Å²) in [6.07, 6.45) is 3.34. The van der Waals surface area contributed by atoms with Crippen molar-refractivity contribution in [2.24, 2.45) is 0 Å². The quantitative estimate of drug-likeness (QED) is 0.421. The number of fused-ring (bicyclic) bond motifs is 1. The molecule has 0 aliphatic rings. The van der Waals surface area contributed by atoms with Crippen LogP contribution in [-0.4, -0.2) is 19.4 Å². The van der Waals surface area contributed by atoms with E-state index >= 15 is 0 Å². The summed E-state index contributed by atoms with van der Waals surface area (Å²) >= 11 is 0. The maximum Gasteiger partial charge on any atom is 0.319 e. The Morgan fingerprint density at radius 1 is 0.839 bits per heavy atom. The Bertz CT molecular complexity index is 1310. The van der Waals surface area contributed by atoms with Crippen molar-refractivity contribution in [3.63, 3.8) is 0 Å². The predicted octanol–water partition coefficient (Wildman–Crippen LogP) is 4.36. The molecule has 0 saturated carbocycles. The molecule has 1 heterocycles. The predicted molar refractivity (Wildman–Crippen MR) is 121 cm³/mol. The van der Waals surface area contributed by atoms with Gasteiger partial charge in [-0.25, -0.2) is 13.2 Å². The van der Waals surface area contributed by atoms with Gasteiger partial charge in [-0.2, -0.15) is 0 Å². The fourth-order valence-corrected chi connectivity index (χ4v) is 4.12. The van der Waals surface area contributed by atoms with Gasteiger partial charge in [-0.3, -0.25) is 9.71 Å². The second kappa shape index (κ2) is 8.85. The van der Waals surface area contributed by atoms with Crippen LogP contribution in [-0.2, 0) is 16.6 Å². The molecule has 0 fully saturated rings. The molecule has 156 valence electrons. The van der Waals surface area contributed by atoms with E-state index in [9.17, 15) is 13.2 Å². The molecule has 2 amide bonds. The lowest BCUT2D eigenvalue weighted by molar-refractivity contribution is 0.251. The van der Waals surface area contributed by atoms with Crippen LogP contribution in [0.4, 0.5) is 16.2 Å². The van der Waals surface area contributed by atoms with Crippen LogP contribution in [0.5, 0.6) is 0 Å². The van der Waals surface area contributed by atoms with Crippen LogP contribution in [0, 0.1) is 0 Å². The summed E-state index contributed by atoms with van der Waals surface area (Å²) in [6.45, 7) is 0.351. The average Bonchev–Trinajstić information content (AvgIpc) is 2.79. The third-order valence-electron chi connectivity index (χ3n) is 4.60. The summed E-state index contributed by atoms with van der Waals surface area (Å²) in [5, 5.41) is 7.26. The summed E-state index contributed by atoms with van der Waals surface area (Å²) in [5.41, 5.74) is 1.82. The van der Waals surface area contributed by atoms with Crippen LogP contribution in [0.2, 0.25) is 0 Å². The van der Waals surface area contributed by atoms with Crippen molar-refractivity contribution in [1.82, 2.24) is 10.3 Å². The van der Waals surface area contributed by atoms with Gasteiger partial charge in [-0.05, 0) is 58.8 Å². The van der Waals surface area contributed by atoms with Gasteiger partial charge >= 0.3 is 6.03 Å². The van der Waals surface area contributed by atoms with E-state index in [1.165, 1.54) is 0 Å². The molecule has 0 spiro atoms. The smallest absolute Gasteiger partial charge is 0.319 e. The van der Waals surface area contributed by atoms with Crippen LogP contribution >= 0.6 is 0 Å². The van der Waals surface area contributed by atoms with Gasteiger partial charge < -0.3 is 10.6 Å². The van der Waals surface area contributed by atoms with E-state index < -0.39 is 10.0 Å². The van der Waals surface area contributed by atoms with Crippen molar-refractivity contribution in [2.75, 3.05) is 10.0 Å². The van der Waals surface area contributed by atoms with Gasteiger partial charge in [0.05, 0.1) is 4.90 Å². The molecule has 0 atom stereocenters. The first-order chi connectivity index (χ1) is 15.0. The lowest BCUT2D eigenvalue weighted by atomic mass is 10.1. The fourth-order valence-electron chi connectivity index (χ4n) is 3.03. The topological polar surface area (TPSA) is 100 Å². The molecule has 0 bridgehead atoms. The van der Waals surface area contributed by atoms with Gasteiger partial charge in [0, 0.05) is 30.3 Å². The molecular formula is C23H20N4O3S. The Balaban J connectivity index is 1.38. The number of nitrogens with one attached hydrogen (secondary N) is 3. The number of benzene rings is 3. The number of urea groups is 1. The number of nitrogens with zero attached hydrogens (tertiary/aromatic N) is 1. The van der Waals surface area contributed by atoms with E-state index in [1.54, 1.807) is 60.9 Å². The Hall–Kier alpha value is -3.91. The maximum absolute atomic E-state index is 12.7. The first-order valence-electron chi connectivity index (χ1n) is 9.55. The van der Waals surface area contributed by atoms with Gasteiger partial charge in [0.2, 0.25) is 0 Å². The molecule has 4 aromatic rings. The van der Waals surface area contributed by atoms with E-state index in [1.807, 2.05) is 30.3 Å². The standard InChI is InChI=1S/C23H20N4O3S/c28-23(25-16-17-4-3-13-24-15-17)26-20-8-10-21(11-9-20)27-31(29,30)22-12-7-18-5-1-2-6-19(18)14-22/h1-15,27H,16H2,(H2,25,26,28). The number of aromatic nitrogens is 1. The third-order valence-corrected chi connectivity index (χ3v) is 5.98. The lowest BCUT2D eigenvalue weighted by Crippen LogP contribution is -2.28. The minimum absolute atomic E-state index is 0.184. The number of hydrogen-bond acceptors (Lipinski definition) is 4. The number of hydrogen-bond donors (Lipinski definition) is 3. The monoisotopic (exact) mass is 432 g/mol. The molecule has 0 aliphatic carbocycles. The number of anilines is 2. The first-order valence-corrected chi connectivity index (χ1v) is 11.0. The number of pyridine rings is 1. The van der Waals surface area contributed by atoms with Gasteiger partial charge in [0.1, 0.15) is 0 Å². The molecule has 1 aromatic heterocycles. The Morgan fingerprint density at radius 3 is 2.32 bits per heavy atom. The lowest BCUT2D eigenvalue weighted by Gasteiger charge is -2.11. The number of sulfonamides is 1.